The molecule has 0 aromatic carbocycles. The molecule has 1 rings (SSSR count). The van der Waals surface area contributed by atoms with Crippen molar-refractivity contribution in [2.24, 2.45) is 5.92 Å². The van der Waals surface area contributed by atoms with Gasteiger partial charge in [0, 0.05) is 12.6 Å². The molecule has 0 aliphatic heterocycles. The second-order valence-electron chi connectivity index (χ2n) is 6.37. The maximum Gasteiger partial charge on any atom is 0.246 e. The number of ether oxygens (including phenoxy) is 1. The van der Waals surface area contributed by atoms with Crippen molar-refractivity contribution in [1.82, 2.24) is 10.2 Å². The van der Waals surface area contributed by atoms with Gasteiger partial charge in [0.1, 0.15) is 6.61 Å². The van der Waals surface area contributed by atoms with Gasteiger partial charge in [-0.2, -0.15) is 0 Å². The standard InChI is InChI=1S/C15H30N2O2/c1-12(2)9-13(10-17(3)4)16-15(18)11-19-14-7-5-6-8-14/h12-14H,5-11H2,1-4H3,(H,16,18). The van der Waals surface area contributed by atoms with Crippen molar-refractivity contribution in [2.45, 2.75) is 58.1 Å². The van der Waals surface area contributed by atoms with Crippen LogP contribution in [0.2, 0.25) is 0 Å². The molecule has 1 N–H and O–H groups in total. The average molecular weight is 270 g/mol. The molecule has 1 fully saturated rings. The van der Waals surface area contributed by atoms with Crippen molar-refractivity contribution in [3.63, 3.8) is 0 Å². The highest BCUT2D eigenvalue weighted by Crippen LogP contribution is 2.20. The van der Waals surface area contributed by atoms with Gasteiger partial charge in [0.05, 0.1) is 6.10 Å². The van der Waals surface area contributed by atoms with Crippen LogP contribution in [0.25, 0.3) is 0 Å². The molecule has 1 aliphatic rings. The van der Waals surface area contributed by atoms with Gasteiger partial charge in [0.15, 0.2) is 0 Å². The van der Waals surface area contributed by atoms with Crippen LogP contribution in [0.1, 0.15) is 46.0 Å². The summed E-state index contributed by atoms with van der Waals surface area (Å²) in [6, 6.07) is 0.217. The molecule has 4 heteroatoms. The van der Waals surface area contributed by atoms with Crippen LogP contribution in [-0.4, -0.2) is 50.2 Å². The first-order valence-electron chi connectivity index (χ1n) is 7.53. The summed E-state index contributed by atoms with van der Waals surface area (Å²) in [5.74, 6) is 0.611. The first kappa shape index (κ1) is 16.4. The minimum absolute atomic E-state index is 0.0272. The summed E-state index contributed by atoms with van der Waals surface area (Å²) < 4.78 is 5.65. The van der Waals surface area contributed by atoms with E-state index < -0.39 is 0 Å². The Morgan fingerprint density at radius 1 is 1.32 bits per heavy atom. The Morgan fingerprint density at radius 3 is 2.47 bits per heavy atom. The highest BCUT2D eigenvalue weighted by molar-refractivity contribution is 5.77. The van der Waals surface area contributed by atoms with Gasteiger partial charge >= 0.3 is 0 Å². The van der Waals surface area contributed by atoms with Gasteiger partial charge in [-0.05, 0) is 39.3 Å². The van der Waals surface area contributed by atoms with Crippen LogP contribution >= 0.6 is 0 Å². The predicted molar refractivity (Wildman–Crippen MR) is 78.1 cm³/mol. The minimum atomic E-state index is 0.0272. The monoisotopic (exact) mass is 270 g/mol. The van der Waals surface area contributed by atoms with E-state index in [0.29, 0.717) is 12.0 Å². The van der Waals surface area contributed by atoms with Gasteiger partial charge in [0.2, 0.25) is 5.91 Å². The smallest absolute Gasteiger partial charge is 0.246 e. The third-order valence-corrected chi connectivity index (χ3v) is 3.46. The fourth-order valence-electron chi connectivity index (χ4n) is 2.71. The number of amides is 1. The fourth-order valence-corrected chi connectivity index (χ4v) is 2.71. The topological polar surface area (TPSA) is 41.6 Å². The van der Waals surface area contributed by atoms with Gasteiger partial charge in [0.25, 0.3) is 0 Å². The normalized spacial score (nSPS) is 18.2. The van der Waals surface area contributed by atoms with E-state index in [0.717, 1.165) is 25.8 Å². The fraction of sp³-hybridized carbons (Fsp3) is 0.933. The van der Waals surface area contributed by atoms with Crippen LogP contribution in [0.5, 0.6) is 0 Å². The van der Waals surface area contributed by atoms with Crippen molar-refractivity contribution in [2.75, 3.05) is 27.2 Å². The van der Waals surface area contributed by atoms with E-state index in [1.807, 2.05) is 14.1 Å². The molecule has 0 heterocycles. The predicted octanol–water partition coefficient (Wildman–Crippen LogP) is 2.04. The first-order chi connectivity index (χ1) is 8.97. The highest BCUT2D eigenvalue weighted by Gasteiger charge is 2.19. The van der Waals surface area contributed by atoms with E-state index in [2.05, 4.69) is 24.1 Å². The van der Waals surface area contributed by atoms with Crippen LogP contribution in [0.15, 0.2) is 0 Å². The number of hydrogen-bond acceptors (Lipinski definition) is 3. The zero-order valence-electron chi connectivity index (χ0n) is 12.9. The first-order valence-corrected chi connectivity index (χ1v) is 7.53. The lowest BCUT2D eigenvalue weighted by Crippen LogP contribution is -2.44. The molecule has 4 nitrogen and oxygen atoms in total. The van der Waals surface area contributed by atoms with Crippen molar-refractivity contribution in [3.05, 3.63) is 0 Å². The second-order valence-corrected chi connectivity index (χ2v) is 6.37. The van der Waals surface area contributed by atoms with E-state index in [4.69, 9.17) is 4.74 Å². The Balaban J connectivity index is 2.28. The SMILES string of the molecule is CC(C)CC(CN(C)C)NC(=O)COC1CCCC1. The van der Waals surface area contributed by atoms with Gasteiger partial charge < -0.3 is 15.0 Å². The average Bonchev–Trinajstić information content (AvgIpc) is 2.77. The molecule has 1 aliphatic carbocycles. The van der Waals surface area contributed by atoms with Gasteiger partial charge in [-0.25, -0.2) is 0 Å². The largest absolute Gasteiger partial charge is 0.368 e. The van der Waals surface area contributed by atoms with Gasteiger partial charge in [-0.15, -0.1) is 0 Å². The maximum atomic E-state index is 11.9. The summed E-state index contributed by atoms with van der Waals surface area (Å²) in [5.41, 5.74) is 0. The Labute approximate surface area is 117 Å². The number of rotatable bonds is 8. The zero-order valence-corrected chi connectivity index (χ0v) is 12.9. The van der Waals surface area contributed by atoms with Crippen LogP contribution in [0, 0.1) is 5.92 Å². The summed E-state index contributed by atoms with van der Waals surface area (Å²) in [6.07, 6.45) is 6.02. The summed E-state index contributed by atoms with van der Waals surface area (Å²) in [5, 5.41) is 3.10. The number of carbonyl (C=O) groups is 1. The van der Waals surface area contributed by atoms with Gasteiger partial charge in [-0.3, -0.25) is 4.79 Å². The molecular formula is C15H30N2O2. The Bertz CT molecular complexity index is 251. The molecule has 1 amide bonds. The third-order valence-electron chi connectivity index (χ3n) is 3.46. The molecule has 0 bridgehead atoms. The molecule has 1 unspecified atom stereocenters. The quantitative estimate of drug-likeness (QED) is 0.734. The summed E-state index contributed by atoms with van der Waals surface area (Å²) >= 11 is 0. The lowest BCUT2D eigenvalue weighted by atomic mass is 10.0. The third kappa shape index (κ3) is 7.53. The molecule has 0 aromatic heterocycles. The van der Waals surface area contributed by atoms with Crippen LogP contribution in [0.4, 0.5) is 0 Å². The number of likely N-dealkylation sites (N-methyl/N-ethyl adjacent to an activating group) is 1. The Hall–Kier alpha value is -0.610. The van der Waals surface area contributed by atoms with E-state index in [9.17, 15) is 4.79 Å². The lowest BCUT2D eigenvalue weighted by Gasteiger charge is -2.24. The summed E-state index contributed by atoms with van der Waals surface area (Å²) in [4.78, 5) is 14.0. The van der Waals surface area contributed by atoms with E-state index in [-0.39, 0.29) is 18.6 Å². The molecule has 1 saturated carbocycles. The molecule has 112 valence electrons. The van der Waals surface area contributed by atoms with E-state index >= 15 is 0 Å². The maximum absolute atomic E-state index is 11.9. The molecule has 0 saturated heterocycles. The van der Waals surface area contributed by atoms with E-state index in [1.54, 1.807) is 0 Å². The van der Waals surface area contributed by atoms with Crippen molar-refractivity contribution < 1.29 is 9.53 Å². The Morgan fingerprint density at radius 2 is 1.95 bits per heavy atom. The van der Waals surface area contributed by atoms with E-state index in [1.165, 1.54) is 12.8 Å². The number of hydrogen-bond donors (Lipinski definition) is 1. The molecule has 1 atom stereocenters. The van der Waals surface area contributed by atoms with Crippen LogP contribution < -0.4 is 5.32 Å². The molecule has 0 spiro atoms. The molecule has 0 radical (unpaired) electrons. The minimum Gasteiger partial charge on any atom is -0.368 e. The van der Waals surface area contributed by atoms with Crippen molar-refractivity contribution >= 4 is 5.91 Å². The van der Waals surface area contributed by atoms with Crippen LogP contribution in [0.3, 0.4) is 0 Å². The molecular weight excluding hydrogens is 240 g/mol. The summed E-state index contributed by atoms with van der Waals surface area (Å²) in [6.45, 7) is 5.47. The van der Waals surface area contributed by atoms with Crippen LogP contribution in [-0.2, 0) is 9.53 Å². The van der Waals surface area contributed by atoms with Crippen molar-refractivity contribution in [1.29, 1.82) is 0 Å². The zero-order chi connectivity index (χ0) is 14.3. The Kier molecular flexibility index (Phi) is 7.39. The van der Waals surface area contributed by atoms with Gasteiger partial charge in [-0.1, -0.05) is 26.7 Å². The second kappa shape index (κ2) is 8.54. The number of carbonyl (C=O) groups excluding carboxylic acids is 1. The number of nitrogens with one attached hydrogen (secondary N) is 1. The van der Waals surface area contributed by atoms with Crippen molar-refractivity contribution in [3.8, 4) is 0 Å². The summed E-state index contributed by atoms with van der Waals surface area (Å²) in [7, 11) is 4.07. The highest BCUT2D eigenvalue weighted by atomic mass is 16.5. The lowest BCUT2D eigenvalue weighted by molar-refractivity contribution is -0.128. The molecule has 19 heavy (non-hydrogen) atoms. The number of nitrogens with zero attached hydrogens (tertiary/aromatic N) is 1. The molecule has 0 aromatic rings.